The molecule has 0 aliphatic carbocycles. The van der Waals surface area contributed by atoms with E-state index in [4.69, 9.17) is 4.74 Å². The van der Waals surface area contributed by atoms with Crippen molar-refractivity contribution < 1.29 is 13.9 Å². The molecule has 118 valence electrons. The van der Waals surface area contributed by atoms with Gasteiger partial charge in [0.05, 0.1) is 0 Å². The minimum Gasteiger partial charge on any atom is -0.443 e. The van der Waals surface area contributed by atoms with Crippen molar-refractivity contribution in [2.75, 3.05) is 0 Å². The Morgan fingerprint density at radius 2 is 1.78 bits per heavy atom. The van der Waals surface area contributed by atoms with Gasteiger partial charge in [-0.05, 0) is 36.4 Å². The Balaban J connectivity index is 2.01. The highest BCUT2D eigenvalue weighted by Crippen LogP contribution is 2.36. The zero-order valence-corrected chi connectivity index (χ0v) is 14.2. The lowest BCUT2D eigenvalue weighted by atomic mass is 10.0. The number of carbonyl (C=O) groups excluding carboxylic acids is 1. The number of ether oxygens (including phenoxy) is 1. The van der Waals surface area contributed by atoms with E-state index < -0.39 is 5.72 Å². The number of hydrogen-bond acceptors (Lipinski definition) is 3. The fourth-order valence-electron chi connectivity index (χ4n) is 2.46. The number of hydrogen-bond donors (Lipinski definition) is 0. The Bertz CT molecular complexity index is 774. The highest BCUT2D eigenvalue weighted by atomic mass is 79.9. The number of hydrazone groups is 1. The number of halogens is 2. The Morgan fingerprint density at radius 1 is 1.17 bits per heavy atom. The molecule has 23 heavy (non-hydrogen) atoms. The van der Waals surface area contributed by atoms with Crippen LogP contribution >= 0.6 is 15.9 Å². The standard InChI is InChI=1S/C17H14BrFN2O2/c1-11(22)21-17(2,13-5-9-15(19)10-6-13)23-16(20-21)12-3-7-14(18)8-4-12/h3-10H,1-2H3/t17-/m0/s1. The van der Waals surface area contributed by atoms with E-state index >= 15 is 0 Å². The van der Waals surface area contributed by atoms with Gasteiger partial charge < -0.3 is 4.74 Å². The fraction of sp³-hybridized carbons (Fsp3) is 0.176. The van der Waals surface area contributed by atoms with Crippen LogP contribution in [0.5, 0.6) is 0 Å². The summed E-state index contributed by atoms with van der Waals surface area (Å²) in [5.41, 5.74) is 0.289. The smallest absolute Gasteiger partial charge is 0.243 e. The van der Waals surface area contributed by atoms with Crippen molar-refractivity contribution in [3.05, 3.63) is 69.9 Å². The maximum atomic E-state index is 13.2. The van der Waals surface area contributed by atoms with Crippen LogP contribution in [0.25, 0.3) is 0 Å². The predicted octanol–water partition coefficient (Wildman–Crippen LogP) is 4.00. The predicted molar refractivity (Wildman–Crippen MR) is 88.0 cm³/mol. The molecule has 2 aromatic rings. The van der Waals surface area contributed by atoms with E-state index in [-0.39, 0.29) is 11.7 Å². The molecule has 0 fully saturated rings. The summed E-state index contributed by atoms with van der Waals surface area (Å²) in [5, 5.41) is 5.58. The number of carbonyl (C=O) groups is 1. The topological polar surface area (TPSA) is 41.9 Å². The molecule has 0 spiro atoms. The van der Waals surface area contributed by atoms with Crippen LogP contribution in [0.4, 0.5) is 4.39 Å². The van der Waals surface area contributed by atoms with Crippen LogP contribution in [0.2, 0.25) is 0 Å². The summed E-state index contributed by atoms with van der Waals surface area (Å²) in [4.78, 5) is 12.0. The molecule has 1 heterocycles. The summed E-state index contributed by atoms with van der Waals surface area (Å²) in [6.45, 7) is 3.15. The van der Waals surface area contributed by atoms with Gasteiger partial charge >= 0.3 is 0 Å². The average molecular weight is 377 g/mol. The molecule has 4 nitrogen and oxygen atoms in total. The number of benzene rings is 2. The van der Waals surface area contributed by atoms with E-state index in [2.05, 4.69) is 21.0 Å². The molecule has 0 radical (unpaired) electrons. The Hall–Kier alpha value is -2.21. The van der Waals surface area contributed by atoms with Crippen LogP contribution in [0.15, 0.2) is 58.1 Å². The highest BCUT2D eigenvalue weighted by molar-refractivity contribution is 9.10. The molecule has 3 rings (SSSR count). The van der Waals surface area contributed by atoms with Crippen molar-refractivity contribution in [2.24, 2.45) is 5.10 Å². The number of rotatable bonds is 2. The summed E-state index contributed by atoms with van der Waals surface area (Å²) in [5.74, 6) is -0.262. The first-order valence-corrected chi connectivity index (χ1v) is 7.80. The van der Waals surface area contributed by atoms with Crippen molar-refractivity contribution in [3.63, 3.8) is 0 Å². The fourth-order valence-corrected chi connectivity index (χ4v) is 2.72. The molecular weight excluding hydrogens is 363 g/mol. The molecule has 0 N–H and O–H groups in total. The largest absolute Gasteiger partial charge is 0.443 e. The summed E-state index contributed by atoms with van der Waals surface area (Å²) in [7, 11) is 0. The lowest BCUT2D eigenvalue weighted by Gasteiger charge is -2.31. The third-order valence-electron chi connectivity index (χ3n) is 3.66. The maximum absolute atomic E-state index is 13.2. The lowest BCUT2D eigenvalue weighted by Crippen LogP contribution is -2.41. The second kappa shape index (κ2) is 5.77. The Morgan fingerprint density at radius 3 is 2.35 bits per heavy atom. The molecule has 1 aliphatic heterocycles. The first-order valence-electron chi connectivity index (χ1n) is 7.00. The number of amides is 1. The third kappa shape index (κ3) is 2.86. The van der Waals surface area contributed by atoms with Crippen LogP contribution < -0.4 is 0 Å². The first-order chi connectivity index (χ1) is 10.9. The van der Waals surface area contributed by atoms with Crippen LogP contribution in [-0.4, -0.2) is 16.8 Å². The molecule has 2 aromatic carbocycles. The van der Waals surface area contributed by atoms with Gasteiger partial charge in [-0.2, -0.15) is 5.01 Å². The molecule has 0 saturated carbocycles. The van der Waals surface area contributed by atoms with E-state index in [1.54, 1.807) is 19.1 Å². The molecule has 1 atom stereocenters. The quantitative estimate of drug-likeness (QED) is 0.794. The van der Waals surface area contributed by atoms with Crippen molar-refractivity contribution in [3.8, 4) is 0 Å². The van der Waals surface area contributed by atoms with Gasteiger partial charge in [0.1, 0.15) is 5.82 Å². The second-order valence-electron chi connectivity index (χ2n) is 5.33. The van der Waals surface area contributed by atoms with Gasteiger partial charge in [0.2, 0.25) is 17.5 Å². The summed E-state index contributed by atoms with van der Waals surface area (Å²) < 4.78 is 20.1. The maximum Gasteiger partial charge on any atom is 0.243 e. The minimum atomic E-state index is -1.11. The molecule has 1 aliphatic rings. The van der Waals surface area contributed by atoms with Gasteiger partial charge in [0.15, 0.2) is 0 Å². The second-order valence-corrected chi connectivity index (χ2v) is 6.25. The van der Waals surface area contributed by atoms with Crippen LogP contribution in [0, 0.1) is 5.82 Å². The van der Waals surface area contributed by atoms with E-state index in [1.807, 2.05) is 24.3 Å². The molecule has 0 saturated heterocycles. The van der Waals surface area contributed by atoms with E-state index in [0.29, 0.717) is 11.5 Å². The lowest BCUT2D eigenvalue weighted by molar-refractivity contribution is -0.146. The molecule has 0 unspecified atom stereocenters. The normalized spacial score (nSPS) is 20.2. The van der Waals surface area contributed by atoms with Gasteiger partial charge in [-0.25, -0.2) is 4.39 Å². The third-order valence-corrected chi connectivity index (χ3v) is 4.19. The molecule has 6 heteroatoms. The average Bonchev–Trinajstić information content (AvgIpc) is 2.88. The van der Waals surface area contributed by atoms with Gasteiger partial charge in [-0.15, -0.1) is 5.10 Å². The van der Waals surface area contributed by atoms with Crippen molar-refractivity contribution in [1.82, 2.24) is 5.01 Å². The molecular formula is C17H14BrFN2O2. The molecule has 1 amide bonds. The first kappa shape index (κ1) is 15.7. The van der Waals surface area contributed by atoms with Gasteiger partial charge in [0, 0.05) is 29.4 Å². The van der Waals surface area contributed by atoms with Crippen LogP contribution in [0.1, 0.15) is 25.0 Å². The van der Waals surface area contributed by atoms with E-state index in [1.165, 1.54) is 24.1 Å². The van der Waals surface area contributed by atoms with Crippen molar-refractivity contribution in [1.29, 1.82) is 0 Å². The summed E-state index contributed by atoms with van der Waals surface area (Å²) >= 11 is 3.37. The van der Waals surface area contributed by atoms with Gasteiger partial charge in [-0.3, -0.25) is 4.79 Å². The summed E-state index contributed by atoms with van der Waals surface area (Å²) in [6, 6.07) is 13.3. The van der Waals surface area contributed by atoms with Crippen LogP contribution in [0.3, 0.4) is 0 Å². The Kier molecular flexibility index (Phi) is 3.93. The Labute approximate surface area is 141 Å². The molecule has 0 bridgehead atoms. The minimum absolute atomic E-state index is 0.260. The van der Waals surface area contributed by atoms with Gasteiger partial charge in [0.25, 0.3) is 0 Å². The zero-order valence-electron chi connectivity index (χ0n) is 12.6. The van der Waals surface area contributed by atoms with E-state index in [0.717, 1.165) is 10.0 Å². The van der Waals surface area contributed by atoms with Crippen LogP contribution in [-0.2, 0) is 15.3 Å². The summed E-state index contributed by atoms with van der Waals surface area (Å²) in [6.07, 6.45) is 0. The molecule has 0 aromatic heterocycles. The highest BCUT2D eigenvalue weighted by Gasteiger charge is 2.44. The number of nitrogens with zero attached hydrogens (tertiary/aromatic N) is 2. The van der Waals surface area contributed by atoms with E-state index in [9.17, 15) is 9.18 Å². The van der Waals surface area contributed by atoms with Crippen molar-refractivity contribution >= 4 is 27.7 Å². The van der Waals surface area contributed by atoms with Crippen molar-refractivity contribution in [2.45, 2.75) is 19.6 Å². The zero-order chi connectivity index (χ0) is 16.6. The van der Waals surface area contributed by atoms with Gasteiger partial charge in [-0.1, -0.05) is 28.1 Å². The monoisotopic (exact) mass is 376 g/mol. The SMILES string of the molecule is CC(=O)N1N=C(c2ccc(Br)cc2)O[C@@]1(C)c1ccc(F)cc1.